The molecule has 23 heavy (non-hydrogen) atoms. The van der Waals surface area contributed by atoms with Gasteiger partial charge >= 0.3 is 5.69 Å². The van der Waals surface area contributed by atoms with Crippen LogP contribution in [0.15, 0.2) is 32.8 Å². The Labute approximate surface area is 130 Å². The molecule has 1 heterocycles. The van der Waals surface area contributed by atoms with E-state index < -0.39 is 29.6 Å². The number of aromatic amines is 1. The second kappa shape index (κ2) is 6.30. The maximum Gasteiger partial charge on any atom is 0.335 e. The Morgan fingerprint density at radius 1 is 1.35 bits per heavy atom. The van der Waals surface area contributed by atoms with E-state index in [-0.39, 0.29) is 5.56 Å². The summed E-state index contributed by atoms with van der Waals surface area (Å²) in [7, 11) is 0. The highest BCUT2D eigenvalue weighted by Crippen LogP contribution is 2.18. The van der Waals surface area contributed by atoms with Gasteiger partial charge in [-0.05, 0) is 37.1 Å². The summed E-state index contributed by atoms with van der Waals surface area (Å²) >= 11 is 0. The number of carboxylic acids is 1. The molecule has 1 aromatic carbocycles. The zero-order valence-corrected chi connectivity index (χ0v) is 12.5. The smallest absolute Gasteiger partial charge is 0.335 e. The highest BCUT2D eigenvalue weighted by molar-refractivity contribution is 5.83. The van der Waals surface area contributed by atoms with Gasteiger partial charge in [-0.1, -0.05) is 6.07 Å². The Morgan fingerprint density at radius 3 is 2.65 bits per heavy atom. The van der Waals surface area contributed by atoms with Crippen molar-refractivity contribution in [1.29, 1.82) is 0 Å². The number of aromatic nitrogens is 2. The number of carbonyl (C=O) groups is 1. The number of aliphatic imine (C=N–C) groups is 1. The first-order chi connectivity index (χ1) is 10.8. The first-order valence-corrected chi connectivity index (χ1v) is 6.67. The summed E-state index contributed by atoms with van der Waals surface area (Å²) in [6.45, 7) is 3.07. The van der Waals surface area contributed by atoms with Gasteiger partial charge in [-0.25, -0.2) is 9.36 Å². The van der Waals surface area contributed by atoms with E-state index in [4.69, 9.17) is 0 Å². The Kier molecular flexibility index (Phi) is 4.44. The largest absolute Gasteiger partial charge is 0.548 e. The number of H-pyrrole nitrogens is 1. The van der Waals surface area contributed by atoms with Gasteiger partial charge in [-0.3, -0.25) is 14.8 Å². The van der Waals surface area contributed by atoms with Crippen molar-refractivity contribution >= 4 is 12.2 Å². The van der Waals surface area contributed by atoms with Crippen molar-refractivity contribution in [2.24, 2.45) is 4.99 Å². The lowest BCUT2D eigenvalue weighted by Gasteiger charge is -2.11. The summed E-state index contributed by atoms with van der Waals surface area (Å²) in [6.07, 6.45) is 0.890. The number of hydrogen-bond donors (Lipinski definition) is 2. The monoisotopic (exact) mass is 316 g/mol. The molecule has 0 saturated heterocycles. The van der Waals surface area contributed by atoms with E-state index in [1.165, 1.54) is 0 Å². The molecule has 2 aromatic rings. The molecule has 8 nitrogen and oxygen atoms in total. The van der Waals surface area contributed by atoms with Crippen LogP contribution in [0.3, 0.4) is 0 Å². The first kappa shape index (κ1) is 16.2. The highest BCUT2D eigenvalue weighted by atomic mass is 16.4. The number of aliphatic carboxylic acids is 1. The van der Waals surface area contributed by atoms with Crippen LogP contribution in [0.25, 0.3) is 5.69 Å². The molecule has 1 aromatic heterocycles. The number of carboxylic acid groups (broad SMARTS) is 1. The molecular weight excluding hydrogens is 302 g/mol. The van der Waals surface area contributed by atoms with Crippen LogP contribution in [-0.4, -0.2) is 33.4 Å². The molecule has 2 rings (SSSR count). The molecule has 0 radical (unpaired) electrons. The molecule has 0 spiro atoms. The predicted octanol–water partition coefficient (Wildman–Crippen LogP) is -0.983. The predicted molar refractivity (Wildman–Crippen MR) is 81.3 cm³/mol. The molecular formula is C15H14N3O5-. The molecule has 120 valence electrons. The average Bonchev–Trinajstić information content (AvgIpc) is 2.45. The van der Waals surface area contributed by atoms with Crippen molar-refractivity contribution in [1.82, 2.24) is 9.55 Å². The minimum atomic E-state index is -1.43. The lowest BCUT2D eigenvalue weighted by atomic mass is 10.1. The molecule has 0 saturated carbocycles. The Morgan fingerprint density at radius 2 is 2.04 bits per heavy atom. The van der Waals surface area contributed by atoms with Gasteiger partial charge in [0.1, 0.15) is 5.56 Å². The Balaban J connectivity index is 2.63. The Hall–Kier alpha value is -3.16. The van der Waals surface area contributed by atoms with Gasteiger partial charge in [0.05, 0.1) is 18.2 Å². The molecule has 0 amide bonds. The number of aryl methyl sites for hydroxylation is 2. The SMILES string of the molecule is Cc1ccc(-n2c(O)c(C=NCC(=O)[O-])c(=O)[nH]c2=O)cc1C. The van der Waals surface area contributed by atoms with Crippen molar-refractivity contribution in [2.45, 2.75) is 13.8 Å². The van der Waals surface area contributed by atoms with E-state index in [1.807, 2.05) is 13.8 Å². The van der Waals surface area contributed by atoms with E-state index in [9.17, 15) is 24.6 Å². The van der Waals surface area contributed by atoms with E-state index in [0.717, 1.165) is 21.9 Å². The lowest BCUT2D eigenvalue weighted by molar-refractivity contribution is -0.303. The van der Waals surface area contributed by atoms with Crippen LogP contribution in [0.5, 0.6) is 5.88 Å². The second-order valence-corrected chi connectivity index (χ2v) is 4.94. The van der Waals surface area contributed by atoms with Crippen molar-refractivity contribution in [2.75, 3.05) is 6.54 Å². The molecule has 0 aliphatic carbocycles. The summed E-state index contributed by atoms with van der Waals surface area (Å²) in [5.41, 5.74) is 0.265. The van der Waals surface area contributed by atoms with Crippen LogP contribution < -0.4 is 16.4 Å². The fraction of sp³-hybridized carbons (Fsp3) is 0.200. The third kappa shape index (κ3) is 3.37. The normalized spacial score (nSPS) is 11.0. The van der Waals surface area contributed by atoms with Gasteiger partial charge in [-0.15, -0.1) is 0 Å². The minimum absolute atomic E-state index is 0.316. The summed E-state index contributed by atoms with van der Waals surface area (Å²) in [4.78, 5) is 39.6. The second-order valence-electron chi connectivity index (χ2n) is 4.94. The topological polar surface area (TPSA) is 128 Å². The zero-order valence-electron chi connectivity index (χ0n) is 12.5. The molecule has 0 atom stereocenters. The Bertz CT molecular complexity index is 908. The van der Waals surface area contributed by atoms with E-state index in [0.29, 0.717) is 5.69 Å². The summed E-state index contributed by atoms with van der Waals surface area (Å²) in [5.74, 6) is -2.05. The fourth-order valence-corrected chi connectivity index (χ4v) is 1.97. The first-order valence-electron chi connectivity index (χ1n) is 6.67. The number of aromatic hydroxyl groups is 1. The zero-order chi connectivity index (χ0) is 17.1. The number of carbonyl (C=O) groups excluding carboxylic acids is 1. The van der Waals surface area contributed by atoms with Crippen molar-refractivity contribution < 1.29 is 15.0 Å². The van der Waals surface area contributed by atoms with E-state index in [2.05, 4.69) is 9.98 Å². The number of hydrogen-bond acceptors (Lipinski definition) is 6. The summed E-state index contributed by atoms with van der Waals surface area (Å²) in [6, 6.07) is 5.06. The quantitative estimate of drug-likeness (QED) is 0.701. The van der Waals surface area contributed by atoms with Gasteiger partial charge in [0.2, 0.25) is 5.88 Å². The lowest BCUT2D eigenvalue weighted by Crippen LogP contribution is -2.31. The molecule has 0 aliphatic rings. The van der Waals surface area contributed by atoms with E-state index in [1.54, 1.807) is 18.2 Å². The molecule has 0 aliphatic heterocycles. The van der Waals surface area contributed by atoms with Crippen LogP contribution >= 0.6 is 0 Å². The highest BCUT2D eigenvalue weighted by Gasteiger charge is 2.14. The molecule has 0 bridgehead atoms. The van der Waals surface area contributed by atoms with Crippen LogP contribution in [0.4, 0.5) is 0 Å². The van der Waals surface area contributed by atoms with Crippen LogP contribution in [0.1, 0.15) is 16.7 Å². The van der Waals surface area contributed by atoms with Gasteiger partial charge in [0.25, 0.3) is 5.56 Å². The number of benzene rings is 1. The van der Waals surface area contributed by atoms with Crippen LogP contribution in [-0.2, 0) is 4.79 Å². The van der Waals surface area contributed by atoms with Gasteiger partial charge < -0.3 is 15.0 Å². The maximum absolute atomic E-state index is 12.0. The third-order valence-electron chi connectivity index (χ3n) is 3.31. The molecule has 0 unspecified atom stereocenters. The summed E-state index contributed by atoms with van der Waals surface area (Å²) in [5, 5.41) is 20.6. The van der Waals surface area contributed by atoms with Crippen molar-refractivity contribution in [3.63, 3.8) is 0 Å². The average molecular weight is 316 g/mol. The molecule has 8 heteroatoms. The van der Waals surface area contributed by atoms with Gasteiger partial charge in [0.15, 0.2) is 0 Å². The fourth-order valence-electron chi connectivity index (χ4n) is 1.97. The van der Waals surface area contributed by atoms with Crippen LogP contribution in [0.2, 0.25) is 0 Å². The number of nitrogens with one attached hydrogen (secondary N) is 1. The summed E-state index contributed by atoms with van der Waals surface area (Å²) < 4.78 is 0.911. The van der Waals surface area contributed by atoms with E-state index >= 15 is 0 Å². The van der Waals surface area contributed by atoms with Crippen molar-refractivity contribution in [3.05, 3.63) is 55.7 Å². The van der Waals surface area contributed by atoms with Gasteiger partial charge in [0, 0.05) is 6.21 Å². The van der Waals surface area contributed by atoms with Gasteiger partial charge in [-0.2, -0.15) is 0 Å². The third-order valence-corrected chi connectivity index (χ3v) is 3.31. The minimum Gasteiger partial charge on any atom is -0.548 e. The molecule has 0 fully saturated rings. The van der Waals surface area contributed by atoms with Crippen molar-refractivity contribution in [3.8, 4) is 11.6 Å². The standard InChI is InChI=1S/C15H15N3O5/c1-8-3-4-10(5-9(8)2)18-14(22)11(6-16-7-12(19)20)13(21)17-15(18)23/h3-6,22H,7H2,1-2H3,(H,19,20)(H,17,21,23)/p-1. The number of rotatable bonds is 4. The number of nitrogens with zero attached hydrogens (tertiary/aromatic N) is 2. The molecule has 2 N–H and O–H groups in total. The maximum atomic E-state index is 12.0. The van der Waals surface area contributed by atoms with Crippen LogP contribution in [0, 0.1) is 13.8 Å².